The molecule has 0 bridgehead atoms. The van der Waals surface area contributed by atoms with Crippen molar-refractivity contribution < 1.29 is 27.1 Å². The largest absolute Gasteiger partial charge is 0.480 e. The molecule has 0 amide bonds. The fourth-order valence-corrected chi connectivity index (χ4v) is 5.99. The molecule has 11 heteroatoms. The third-order valence-electron chi connectivity index (χ3n) is 4.97. The smallest absolute Gasteiger partial charge is 0.325 e. The van der Waals surface area contributed by atoms with Crippen molar-refractivity contribution in [3.05, 3.63) is 90.8 Å². The number of sulfonamides is 1. The minimum absolute atomic E-state index is 0.105. The van der Waals surface area contributed by atoms with Gasteiger partial charge in [0.25, 0.3) is 15.9 Å². The van der Waals surface area contributed by atoms with E-state index >= 15 is 0 Å². The van der Waals surface area contributed by atoms with Crippen molar-refractivity contribution in [3.8, 4) is 5.00 Å². The summed E-state index contributed by atoms with van der Waals surface area (Å²) in [6.07, 6.45) is 2.30. The van der Waals surface area contributed by atoms with Crippen molar-refractivity contribution in [2.75, 3.05) is 0 Å². The van der Waals surface area contributed by atoms with E-state index in [9.17, 15) is 27.1 Å². The average molecular weight is 508 g/mol. The van der Waals surface area contributed by atoms with Gasteiger partial charge >= 0.3 is 5.97 Å². The summed E-state index contributed by atoms with van der Waals surface area (Å²) in [4.78, 5) is 12.4. The highest BCUT2D eigenvalue weighted by Gasteiger charge is 2.43. The number of carboxylic acid groups (broad SMARTS) is 1. The molecule has 2 aromatic heterocycles. The molecule has 2 N–H and O–H groups in total. The molecule has 1 aromatic carbocycles. The highest BCUT2D eigenvalue weighted by Crippen LogP contribution is 2.32. The maximum Gasteiger partial charge on any atom is 0.325 e. The van der Waals surface area contributed by atoms with Crippen LogP contribution in [0.2, 0.25) is 0 Å². The van der Waals surface area contributed by atoms with E-state index in [1.807, 2.05) is 0 Å². The SMILES string of the molecule is C=CC(F)(F)c1cnn(-c2ccc(S(=O)(=O)N[C@@](CC(=C)C)(Cc3ccccc3)C(=O)O)s2)c1. The Morgan fingerprint density at radius 1 is 1.26 bits per heavy atom. The maximum atomic E-state index is 13.8. The Morgan fingerprint density at radius 3 is 2.53 bits per heavy atom. The van der Waals surface area contributed by atoms with Crippen LogP contribution in [0.1, 0.15) is 24.5 Å². The van der Waals surface area contributed by atoms with Crippen LogP contribution in [0.3, 0.4) is 0 Å². The van der Waals surface area contributed by atoms with Crippen molar-refractivity contribution in [2.45, 2.75) is 35.4 Å². The second-order valence-corrected chi connectivity index (χ2v) is 10.9. The topological polar surface area (TPSA) is 101 Å². The zero-order valence-corrected chi connectivity index (χ0v) is 19.9. The molecule has 0 fully saturated rings. The molecule has 0 aliphatic rings. The van der Waals surface area contributed by atoms with E-state index in [1.54, 1.807) is 37.3 Å². The molecule has 180 valence electrons. The van der Waals surface area contributed by atoms with E-state index in [-0.39, 0.29) is 22.1 Å². The molecule has 0 spiro atoms. The number of carbonyl (C=O) groups is 1. The number of thiophene rings is 1. The summed E-state index contributed by atoms with van der Waals surface area (Å²) in [5.74, 6) is -4.63. The third-order valence-corrected chi connectivity index (χ3v) is 8.08. The zero-order valence-electron chi connectivity index (χ0n) is 18.2. The lowest BCUT2D eigenvalue weighted by Crippen LogP contribution is -2.56. The lowest BCUT2D eigenvalue weighted by Gasteiger charge is -2.30. The molecule has 0 saturated heterocycles. The lowest BCUT2D eigenvalue weighted by molar-refractivity contribution is -0.144. The summed E-state index contributed by atoms with van der Waals surface area (Å²) in [6, 6.07) is 11.3. The summed E-state index contributed by atoms with van der Waals surface area (Å²) >= 11 is 0.766. The monoisotopic (exact) mass is 507 g/mol. The highest BCUT2D eigenvalue weighted by atomic mass is 32.2. The van der Waals surface area contributed by atoms with Crippen LogP contribution < -0.4 is 4.72 Å². The number of aliphatic carboxylic acids is 1. The Balaban J connectivity index is 1.95. The van der Waals surface area contributed by atoms with Crippen LogP contribution in [0, 0.1) is 0 Å². The predicted octanol–water partition coefficient (Wildman–Crippen LogP) is 4.52. The van der Waals surface area contributed by atoms with Gasteiger partial charge in [0, 0.05) is 12.6 Å². The molecule has 3 rings (SSSR count). The van der Waals surface area contributed by atoms with Crippen LogP contribution in [0.15, 0.2) is 83.9 Å². The fourth-order valence-electron chi connectivity index (χ4n) is 3.41. The maximum absolute atomic E-state index is 13.8. The van der Waals surface area contributed by atoms with Crippen LogP contribution >= 0.6 is 11.3 Å². The van der Waals surface area contributed by atoms with Gasteiger partial charge in [0.1, 0.15) is 14.7 Å². The number of carboxylic acids is 1. The van der Waals surface area contributed by atoms with Gasteiger partial charge in [0.2, 0.25) is 0 Å². The molecular weight excluding hydrogens is 484 g/mol. The molecular formula is C23H23F2N3O4S2. The van der Waals surface area contributed by atoms with Crippen LogP contribution in [0.25, 0.3) is 5.00 Å². The second-order valence-electron chi connectivity index (χ2n) is 7.88. The fraction of sp³-hybridized carbons (Fsp3) is 0.217. The lowest BCUT2D eigenvalue weighted by atomic mass is 9.86. The number of alkyl halides is 2. The number of halogens is 2. The molecule has 3 aromatic rings. The number of benzene rings is 1. The van der Waals surface area contributed by atoms with E-state index in [4.69, 9.17) is 0 Å². The van der Waals surface area contributed by atoms with Gasteiger partial charge in [-0.25, -0.2) is 13.1 Å². The summed E-state index contributed by atoms with van der Waals surface area (Å²) in [6.45, 7) is 8.48. The van der Waals surface area contributed by atoms with E-state index in [1.165, 1.54) is 12.1 Å². The van der Waals surface area contributed by atoms with Crippen LogP contribution in [0.5, 0.6) is 0 Å². The Kier molecular flexibility index (Phi) is 7.20. The van der Waals surface area contributed by atoms with Crippen LogP contribution in [-0.2, 0) is 27.2 Å². The standard InChI is InChI=1S/C23H23F2N3O4S2/c1-4-23(24,25)18-14-26-28(15-18)19-10-11-20(33-19)34(31,32)27-22(21(29)30,12-16(2)3)13-17-8-6-5-7-9-17/h4-11,14-15,27H,1-2,12-13H2,3H3,(H,29,30)/t22-/m0/s1. The first-order chi connectivity index (χ1) is 15.9. The van der Waals surface area contributed by atoms with Crippen molar-refractivity contribution in [1.29, 1.82) is 0 Å². The minimum atomic E-state index is -4.30. The minimum Gasteiger partial charge on any atom is -0.480 e. The molecule has 0 unspecified atom stereocenters. The van der Waals surface area contributed by atoms with Crippen molar-refractivity contribution in [2.24, 2.45) is 0 Å². The Morgan fingerprint density at radius 2 is 1.94 bits per heavy atom. The molecule has 0 aliphatic heterocycles. The molecule has 34 heavy (non-hydrogen) atoms. The molecule has 0 aliphatic carbocycles. The second kappa shape index (κ2) is 9.61. The van der Waals surface area contributed by atoms with Crippen molar-refractivity contribution in [3.63, 3.8) is 0 Å². The van der Waals surface area contributed by atoms with E-state index in [0.717, 1.165) is 28.4 Å². The predicted molar refractivity (Wildman–Crippen MR) is 126 cm³/mol. The Hall–Kier alpha value is -3.15. The van der Waals surface area contributed by atoms with Gasteiger partial charge in [-0.3, -0.25) is 4.79 Å². The van der Waals surface area contributed by atoms with Gasteiger partial charge in [0.05, 0.1) is 11.8 Å². The first-order valence-electron chi connectivity index (χ1n) is 10.0. The zero-order chi connectivity index (χ0) is 25.1. The van der Waals surface area contributed by atoms with Crippen molar-refractivity contribution in [1.82, 2.24) is 14.5 Å². The average Bonchev–Trinajstić information content (AvgIpc) is 3.44. The first-order valence-corrected chi connectivity index (χ1v) is 12.3. The number of hydrogen-bond acceptors (Lipinski definition) is 5. The van der Waals surface area contributed by atoms with Gasteiger partial charge in [-0.15, -0.1) is 17.9 Å². The van der Waals surface area contributed by atoms with Gasteiger partial charge in [0.15, 0.2) is 0 Å². The first kappa shape index (κ1) is 25.5. The highest BCUT2D eigenvalue weighted by molar-refractivity contribution is 7.91. The van der Waals surface area contributed by atoms with Gasteiger partial charge < -0.3 is 5.11 Å². The Labute approximate surface area is 200 Å². The number of hydrogen-bond donors (Lipinski definition) is 2. The van der Waals surface area contributed by atoms with E-state index in [0.29, 0.717) is 17.2 Å². The number of nitrogens with zero attached hydrogens (tertiary/aromatic N) is 2. The molecule has 7 nitrogen and oxygen atoms in total. The van der Waals surface area contributed by atoms with Gasteiger partial charge in [-0.2, -0.15) is 18.6 Å². The summed E-state index contributed by atoms with van der Waals surface area (Å²) in [5.41, 5.74) is -1.15. The van der Waals surface area contributed by atoms with Crippen LogP contribution in [0.4, 0.5) is 8.78 Å². The summed E-state index contributed by atoms with van der Waals surface area (Å²) in [7, 11) is -4.30. The van der Waals surface area contributed by atoms with Crippen molar-refractivity contribution >= 4 is 27.3 Å². The van der Waals surface area contributed by atoms with Gasteiger partial charge in [-0.05, 0) is 37.1 Å². The number of aromatic nitrogens is 2. The number of rotatable bonds is 11. The number of allylic oxidation sites excluding steroid dienone is 1. The molecule has 0 saturated carbocycles. The van der Waals surface area contributed by atoms with Crippen LogP contribution in [-0.4, -0.2) is 34.8 Å². The number of nitrogens with one attached hydrogen (secondary N) is 1. The molecule has 0 radical (unpaired) electrons. The molecule has 2 heterocycles. The van der Waals surface area contributed by atoms with E-state index in [2.05, 4.69) is 23.0 Å². The summed E-state index contributed by atoms with van der Waals surface area (Å²) < 4.78 is 57.4. The normalized spacial score (nSPS) is 13.9. The summed E-state index contributed by atoms with van der Waals surface area (Å²) in [5, 5.41) is 14.2. The Bertz CT molecular complexity index is 1320. The van der Waals surface area contributed by atoms with Gasteiger partial charge in [-0.1, -0.05) is 42.5 Å². The molecule has 1 atom stereocenters. The quantitative estimate of drug-likeness (QED) is 0.372. The third kappa shape index (κ3) is 5.49. The van der Waals surface area contributed by atoms with E-state index < -0.39 is 33.0 Å².